The molecule has 0 radical (unpaired) electrons. The van der Waals surface area contributed by atoms with E-state index >= 15 is 0 Å². The Balaban J connectivity index is 1.64. The Morgan fingerprint density at radius 2 is 2.00 bits per heavy atom. The zero-order valence-corrected chi connectivity index (χ0v) is 15.1. The van der Waals surface area contributed by atoms with Crippen LogP contribution in [0.3, 0.4) is 0 Å². The number of hydrogen-bond acceptors (Lipinski definition) is 4. The second-order valence-corrected chi connectivity index (χ2v) is 6.88. The van der Waals surface area contributed by atoms with Crippen LogP contribution in [-0.4, -0.2) is 74.0 Å². The van der Waals surface area contributed by atoms with E-state index in [0.717, 1.165) is 62.4 Å². The zero-order chi connectivity index (χ0) is 17.6. The maximum atomic E-state index is 12.9. The van der Waals surface area contributed by atoms with E-state index in [4.69, 9.17) is 4.42 Å². The first-order chi connectivity index (χ1) is 12.1. The van der Waals surface area contributed by atoms with Crippen molar-refractivity contribution in [1.29, 1.82) is 0 Å². The standard InChI is InChI=1S/C20H27N3O2/c1-21(2)10-11-22-8-4-9-23(13-12-22)20(24)18-6-3-5-17(15-18)19-7-14-25-16-19/h3,5-7,14-16H,4,8-13H2,1-2H3. The molecule has 1 aliphatic rings. The molecule has 0 spiro atoms. The van der Waals surface area contributed by atoms with Crippen molar-refractivity contribution in [3.8, 4) is 11.1 Å². The lowest BCUT2D eigenvalue weighted by Gasteiger charge is -2.23. The third-order valence-corrected chi connectivity index (χ3v) is 4.70. The molecule has 5 heteroatoms. The van der Waals surface area contributed by atoms with Gasteiger partial charge in [-0.2, -0.15) is 0 Å². The van der Waals surface area contributed by atoms with Gasteiger partial charge in [-0.1, -0.05) is 12.1 Å². The highest BCUT2D eigenvalue weighted by molar-refractivity contribution is 5.95. The fourth-order valence-corrected chi connectivity index (χ4v) is 3.18. The molecule has 0 saturated carbocycles. The molecular weight excluding hydrogens is 314 g/mol. The van der Waals surface area contributed by atoms with E-state index in [0.29, 0.717) is 0 Å². The van der Waals surface area contributed by atoms with E-state index < -0.39 is 0 Å². The van der Waals surface area contributed by atoms with E-state index in [1.54, 1.807) is 12.5 Å². The topological polar surface area (TPSA) is 39.9 Å². The predicted molar refractivity (Wildman–Crippen MR) is 99.7 cm³/mol. The summed E-state index contributed by atoms with van der Waals surface area (Å²) in [7, 11) is 4.20. The van der Waals surface area contributed by atoms with Crippen LogP contribution in [-0.2, 0) is 0 Å². The summed E-state index contributed by atoms with van der Waals surface area (Å²) in [4.78, 5) is 19.6. The molecule has 0 aliphatic carbocycles. The minimum absolute atomic E-state index is 0.125. The fourth-order valence-electron chi connectivity index (χ4n) is 3.18. The first-order valence-electron chi connectivity index (χ1n) is 8.92. The van der Waals surface area contributed by atoms with E-state index in [2.05, 4.69) is 23.9 Å². The number of carbonyl (C=O) groups is 1. The number of rotatable bonds is 5. The monoisotopic (exact) mass is 341 g/mol. The SMILES string of the molecule is CN(C)CCN1CCCN(C(=O)c2cccc(-c3ccoc3)c2)CC1. The summed E-state index contributed by atoms with van der Waals surface area (Å²) >= 11 is 0. The molecule has 25 heavy (non-hydrogen) atoms. The van der Waals surface area contributed by atoms with Gasteiger partial charge < -0.3 is 19.1 Å². The maximum Gasteiger partial charge on any atom is 0.253 e. The molecule has 2 aromatic rings. The van der Waals surface area contributed by atoms with Crippen molar-refractivity contribution in [2.75, 3.05) is 53.4 Å². The van der Waals surface area contributed by atoms with Crippen LogP contribution in [0.5, 0.6) is 0 Å². The van der Waals surface area contributed by atoms with Gasteiger partial charge in [-0.3, -0.25) is 4.79 Å². The summed E-state index contributed by atoms with van der Waals surface area (Å²) in [5.41, 5.74) is 2.77. The Labute approximate surface area is 149 Å². The minimum atomic E-state index is 0.125. The van der Waals surface area contributed by atoms with Crippen LogP contribution in [0, 0.1) is 0 Å². The minimum Gasteiger partial charge on any atom is -0.472 e. The van der Waals surface area contributed by atoms with E-state index in [-0.39, 0.29) is 5.91 Å². The van der Waals surface area contributed by atoms with Crippen LogP contribution in [0.25, 0.3) is 11.1 Å². The van der Waals surface area contributed by atoms with Gasteiger partial charge in [0.2, 0.25) is 0 Å². The van der Waals surface area contributed by atoms with Crippen molar-refractivity contribution in [3.05, 3.63) is 48.4 Å². The van der Waals surface area contributed by atoms with Gasteiger partial charge in [0, 0.05) is 43.9 Å². The third kappa shape index (κ3) is 4.71. The average Bonchev–Trinajstić information content (AvgIpc) is 3.05. The number of carbonyl (C=O) groups excluding carboxylic acids is 1. The number of likely N-dealkylation sites (N-methyl/N-ethyl adjacent to an activating group) is 1. The summed E-state index contributed by atoms with van der Waals surface area (Å²) < 4.78 is 5.15. The number of benzene rings is 1. The normalized spacial score (nSPS) is 16.2. The van der Waals surface area contributed by atoms with Crippen molar-refractivity contribution >= 4 is 5.91 Å². The van der Waals surface area contributed by atoms with Crippen LogP contribution in [0.1, 0.15) is 16.8 Å². The molecule has 0 unspecified atom stereocenters. The van der Waals surface area contributed by atoms with Gasteiger partial charge in [0.1, 0.15) is 0 Å². The Morgan fingerprint density at radius 3 is 2.76 bits per heavy atom. The highest BCUT2D eigenvalue weighted by atomic mass is 16.3. The van der Waals surface area contributed by atoms with Crippen molar-refractivity contribution < 1.29 is 9.21 Å². The largest absolute Gasteiger partial charge is 0.472 e. The molecule has 2 heterocycles. The molecule has 1 fully saturated rings. The molecule has 134 valence electrons. The lowest BCUT2D eigenvalue weighted by atomic mass is 10.1. The predicted octanol–water partition coefficient (Wildman–Crippen LogP) is 2.66. The van der Waals surface area contributed by atoms with Gasteiger partial charge in [0.05, 0.1) is 12.5 Å². The third-order valence-electron chi connectivity index (χ3n) is 4.70. The molecule has 0 bridgehead atoms. The van der Waals surface area contributed by atoms with Crippen molar-refractivity contribution in [2.45, 2.75) is 6.42 Å². The molecule has 1 aliphatic heterocycles. The lowest BCUT2D eigenvalue weighted by Crippen LogP contribution is -2.37. The van der Waals surface area contributed by atoms with Crippen molar-refractivity contribution in [3.63, 3.8) is 0 Å². The highest BCUT2D eigenvalue weighted by Crippen LogP contribution is 2.21. The van der Waals surface area contributed by atoms with Crippen LogP contribution in [0.15, 0.2) is 47.3 Å². The molecule has 3 rings (SSSR count). The van der Waals surface area contributed by atoms with Crippen molar-refractivity contribution in [1.82, 2.24) is 14.7 Å². The number of hydrogen-bond donors (Lipinski definition) is 0. The number of amides is 1. The molecule has 1 saturated heterocycles. The second kappa shape index (κ2) is 8.32. The van der Waals surface area contributed by atoms with E-state index in [1.807, 2.05) is 35.2 Å². The summed E-state index contributed by atoms with van der Waals surface area (Å²) in [6.45, 7) is 5.74. The molecule has 1 amide bonds. The van der Waals surface area contributed by atoms with Gasteiger partial charge >= 0.3 is 0 Å². The van der Waals surface area contributed by atoms with Gasteiger partial charge in [-0.05, 0) is 50.8 Å². The average molecular weight is 341 g/mol. The van der Waals surface area contributed by atoms with Crippen LogP contribution in [0.2, 0.25) is 0 Å². The quantitative estimate of drug-likeness (QED) is 0.838. The summed E-state index contributed by atoms with van der Waals surface area (Å²) in [6.07, 6.45) is 4.39. The molecule has 1 aromatic heterocycles. The Bertz CT molecular complexity index is 682. The Morgan fingerprint density at radius 1 is 1.12 bits per heavy atom. The Kier molecular flexibility index (Phi) is 5.89. The Hall–Kier alpha value is -2.11. The fraction of sp³-hybridized carbons (Fsp3) is 0.450. The second-order valence-electron chi connectivity index (χ2n) is 6.88. The molecule has 0 atom stereocenters. The van der Waals surface area contributed by atoms with Gasteiger partial charge in [-0.15, -0.1) is 0 Å². The van der Waals surface area contributed by atoms with Crippen LogP contribution < -0.4 is 0 Å². The molecular formula is C20H27N3O2. The molecule has 1 aromatic carbocycles. The zero-order valence-electron chi connectivity index (χ0n) is 15.1. The van der Waals surface area contributed by atoms with Gasteiger partial charge in [0.15, 0.2) is 0 Å². The van der Waals surface area contributed by atoms with Crippen molar-refractivity contribution in [2.24, 2.45) is 0 Å². The van der Waals surface area contributed by atoms with E-state index in [1.165, 1.54) is 0 Å². The van der Waals surface area contributed by atoms with E-state index in [9.17, 15) is 4.79 Å². The highest BCUT2D eigenvalue weighted by Gasteiger charge is 2.20. The summed E-state index contributed by atoms with van der Waals surface area (Å²) in [5, 5.41) is 0. The summed E-state index contributed by atoms with van der Waals surface area (Å²) in [5.74, 6) is 0.125. The lowest BCUT2D eigenvalue weighted by molar-refractivity contribution is 0.0761. The smallest absolute Gasteiger partial charge is 0.253 e. The first kappa shape index (κ1) is 17.7. The molecule has 0 N–H and O–H groups in total. The number of nitrogens with zero attached hydrogens (tertiary/aromatic N) is 3. The van der Waals surface area contributed by atoms with Crippen LogP contribution >= 0.6 is 0 Å². The number of furan rings is 1. The van der Waals surface area contributed by atoms with Crippen LogP contribution in [0.4, 0.5) is 0 Å². The first-order valence-corrected chi connectivity index (χ1v) is 8.92. The maximum absolute atomic E-state index is 12.9. The summed E-state index contributed by atoms with van der Waals surface area (Å²) in [6, 6.07) is 9.73. The van der Waals surface area contributed by atoms with Gasteiger partial charge in [0.25, 0.3) is 5.91 Å². The van der Waals surface area contributed by atoms with Gasteiger partial charge in [-0.25, -0.2) is 0 Å². The molecule has 5 nitrogen and oxygen atoms in total.